The van der Waals surface area contributed by atoms with Gasteiger partial charge in [0.25, 0.3) is 0 Å². The van der Waals surface area contributed by atoms with Crippen molar-refractivity contribution in [2.45, 2.75) is 32.7 Å². The fraction of sp³-hybridized carbons (Fsp3) is 0.273. The van der Waals surface area contributed by atoms with Crippen LogP contribution in [-0.4, -0.2) is 26.7 Å². The van der Waals surface area contributed by atoms with Gasteiger partial charge in [-0.15, -0.1) is 11.3 Å². The molecule has 4 aromatic rings. The maximum Gasteiger partial charge on any atom is 0.222 e. The molecule has 0 bridgehead atoms. The van der Waals surface area contributed by atoms with Crippen molar-refractivity contribution in [1.29, 1.82) is 0 Å². The van der Waals surface area contributed by atoms with E-state index in [1.807, 2.05) is 48.2 Å². The highest BCUT2D eigenvalue weighted by molar-refractivity contribution is 7.15. The van der Waals surface area contributed by atoms with Crippen molar-refractivity contribution in [2.75, 3.05) is 6.54 Å². The van der Waals surface area contributed by atoms with Crippen LogP contribution < -0.4 is 0 Å². The Morgan fingerprint density at radius 2 is 2.10 bits per heavy atom. The van der Waals surface area contributed by atoms with E-state index in [0.717, 1.165) is 40.5 Å². The molecule has 0 aliphatic carbocycles. The molecule has 150 valence electrons. The summed E-state index contributed by atoms with van der Waals surface area (Å²) in [6, 6.07) is 11.5. The number of amides is 1. The van der Waals surface area contributed by atoms with Crippen molar-refractivity contribution in [2.24, 2.45) is 0 Å². The molecule has 29 heavy (non-hydrogen) atoms. The molecule has 0 N–H and O–H groups in total. The van der Waals surface area contributed by atoms with E-state index in [-0.39, 0.29) is 5.91 Å². The molecule has 0 aliphatic heterocycles. The van der Waals surface area contributed by atoms with Crippen molar-refractivity contribution in [3.8, 4) is 11.3 Å². The number of nitrogens with zero attached hydrogens (tertiary/aromatic N) is 3. The summed E-state index contributed by atoms with van der Waals surface area (Å²) < 4.78 is 7.56. The van der Waals surface area contributed by atoms with Crippen LogP contribution in [0.3, 0.4) is 0 Å². The topological polar surface area (TPSA) is 50.8 Å². The van der Waals surface area contributed by atoms with Gasteiger partial charge in [0.05, 0.1) is 18.5 Å². The molecule has 0 saturated heterocycles. The average molecular weight is 428 g/mol. The van der Waals surface area contributed by atoms with Crippen LogP contribution in [0.5, 0.6) is 0 Å². The maximum atomic E-state index is 12.6. The number of hydrogen-bond donors (Lipinski definition) is 0. The van der Waals surface area contributed by atoms with E-state index in [0.29, 0.717) is 24.5 Å². The summed E-state index contributed by atoms with van der Waals surface area (Å²) in [5.41, 5.74) is 3.10. The monoisotopic (exact) mass is 427 g/mol. The lowest BCUT2D eigenvalue weighted by Gasteiger charge is -2.21. The fourth-order valence-electron chi connectivity index (χ4n) is 3.27. The summed E-state index contributed by atoms with van der Waals surface area (Å²) >= 11 is 7.60. The summed E-state index contributed by atoms with van der Waals surface area (Å²) in [5, 5.41) is 2.83. The van der Waals surface area contributed by atoms with Gasteiger partial charge in [0.2, 0.25) is 5.91 Å². The SMILES string of the molecule is CCCC(=O)N(CCc1csc2nc(-c3ccc(Cl)cc3)cn12)Cc1ccco1. The van der Waals surface area contributed by atoms with Crippen LogP contribution in [0.15, 0.2) is 58.7 Å². The molecule has 1 aromatic carbocycles. The van der Waals surface area contributed by atoms with Crippen LogP contribution in [0.25, 0.3) is 16.2 Å². The molecule has 0 fully saturated rings. The van der Waals surface area contributed by atoms with Crippen molar-refractivity contribution < 1.29 is 9.21 Å². The van der Waals surface area contributed by atoms with Crippen LogP contribution in [0.1, 0.15) is 31.2 Å². The Morgan fingerprint density at radius 3 is 2.83 bits per heavy atom. The quantitative estimate of drug-likeness (QED) is 0.363. The van der Waals surface area contributed by atoms with Gasteiger partial charge in [-0.2, -0.15) is 0 Å². The first kappa shape index (κ1) is 19.7. The van der Waals surface area contributed by atoms with Crippen LogP contribution >= 0.6 is 22.9 Å². The van der Waals surface area contributed by atoms with Crippen molar-refractivity contribution in [1.82, 2.24) is 14.3 Å². The average Bonchev–Trinajstić information content (AvgIpc) is 3.44. The minimum atomic E-state index is 0.155. The smallest absolute Gasteiger partial charge is 0.222 e. The molecule has 3 aromatic heterocycles. The van der Waals surface area contributed by atoms with E-state index < -0.39 is 0 Å². The van der Waals surface area contributed by atoms with Gasteiger partial charge in [-0.25, -0.2) is 4.98 Å². The maximum absolute atomic E-state index is 12.6. The first-order valence-corrected chi connectivity index (χ1v) is 10.9. The first-order chi connectivity index (χ1) is 14.1. The predicted octanol–water partition coefficient (Wildman–Crippen LogP) is 5.68. The molecule has 5 nitrogen and oxygen atoms in total. The molecule has 4 rings (SSSR count). The number of benzene rings is 1. The Labute approximate surface area is 178 Å². The number of aromatic nitrogens is 2. The molecule has 0 saturated carbocycles. The Morgan fingerprint density at radius 1 is 1.28 bits per heavy atom. The van der Waals surface area contributed by atoms with Gasteiger partial charge < -0.3 is 9.32 Å². The molecule has 0 aliphatic rings. The van der Waals surface area contributed by atoms with Gasteiger partial charge in [-0.1, -0.05) is 30.7 Å². The zero-order valence-corrected chi connectivity index (χ0v) is 17.7. The van der Waals surface area contributed by atoms with Crippen LogP contribution in [0.2, 0.25) is 5.02 Å². The van der Waals surface area contributed by atoms with Gasteiger partial charge in [0.1, 0.15) is 5.76 Å². The Balaban J connectivity index is 1.51. The minimum absolute atomic E-state index is 0.155. The van der Waals surface area contributed by atoms with Crippen LogP contribution in [0, 0.1) is 0 Å². The lowest BCUT2D eigenvalue weighted by molar-refractivity contribution is -0.132. The zero-order valence-electron chi connectivity index (χ0n) is 16.2. The normalized spacial score (nSPS) is 11.2. The second-order valence-electron chi connectivity index (χ2n) is 6.91. The first-order valence-electron chi connectivity index (χ1n) is 9.65. The number of fused-ring (bicyclic) bond motifs is 1. The molecular weight excluding hydrogens is 406 g/mol. The van der Waals surface area contributed by atoms with Gasteiger partial charge in [-0.3, -0.25) is 9.20 Å². The van der Waals surface area contributed by atoms with Crippen molar-refractivity contribution in [3.05, 3.63) is 70.7 Å². The molecule has 1 amide bonds. The standard InChI is InChI=1S/C22H22ClN3O2S/c1-2-4-21(27)25(13-19-5-3-12-28-19)11-10-18-15-29-22-24-20(14-26(18)22)16-6-8-17(23)9-7-16/h3,5-9,12,14-15H,2,4,10-11,13H2,1H3. The van der Waals surface area contributed by atoms with Crippen LogP contribution in [-0.2, 0) is 17.8 Å². The number of thiazole rings is 1. The van der Waals surface area contributed by atoms with Crippen molar-refractivity contribution in [3.63, 3.8) is 0 Å². The molecule has 0 radical (unpaired) electrons. The molecule has 7 heteroatoms. The number of hydrogen-bond acceptors (Lipinski definition) is 4. The number of furan rings is 1. The van der Waals surface area contributed by atoms with E-state index in [2.05, 4.69) is 16.0 Å². The van der Waals surface area contributed by atoms with E-state index in [1.54, 1.807) is 17.6 Å². The number of imidazole rings is 1. The molecular formula is C22H22ClN3O2S. The van der Waals surface area contributed by atoms with Gasteiger partial charge in [0, 0.05) is 47.2 Å². The lowest BCUT2D eigenvalue weighted by Crippen LogP contribution is -2.32. The second kappa shape index (κ2) is 8.84. The molecule has 0 atom stereocenters. The fourth-order valence-corrected chi connectivity index (χ4v) is 4.31. The number of carbonyl (C=O) groups is 1. The molecule has 0 unspecified atom stereocenters. The highest BCUT2D eigenvalue weighted by atomic mass is 35.5. The summed E-state index contributed by atoms with van der Waals surface area (Å²) in [6.07, 6.45) is 5.83. The number of rotatable bonds is 8. The summed E-state index contributed by atoms with van der Waals surface area (Å²) in [7, 11) is 0. The van der Waals surface area contributed by atoms with E-state index >= 15 is 0 Å². The predicted molar refractivity (Wildman–Crippen MR) is 116 cm³/mol. The van der Waals surface area contributed by atoms with E-state index in [9.17, 15) is 4.79 Å². The number of halogens is 1. The van der Waals surface area contributed by atoms with Crippen LogP contribution in [0.4, 0.5) is 0 Å². The third-order valence-corrected chi connectivity index (χ3v) is 5.95. The Bertz CT molecular complexity index is 1080. The highest BCUT2D eigenvalue weighted by Crippen LogP contribution is 2.25. The van der Waals surface area contributed by atoms with E-state index in [1.165, 1.54) is 0 Å². The third kappa shape index (κ3) is 4.54. The second-order valence-corrected chi connectivity index (χ2v) is 8.18. The largest absolute Gasteiger partial charge is 0.467 e. The number of carbonyl (C=O) groups excluding carboxylic acids is 1. The van der Waals surface area contributed by atoms with Gasteiger partial charge in [0.15, 0.2) is 4.96 Å². The van der Waals surface area contributed by atoms with Gasteiger partial charge >= 0.3 is 0 Å². The Hall–Kier alpha value is -2.57. The summed E-state index contributed by atoms with van der Waals surface area (Å²) in [5.74, 6) is 0.959. The molecule has 3 heterocycles. The minimum Gasteiger partial charge on any atom is -0.467 e. The van der Waals surface area contributed by atoms with Gasteiger partial charge in [-0.05, 0) is 30.7 Å². The zero-order chi connectivity index (χ0) is 20.2. The highest BCUT2D eigenvalue weighted by Gasteiger charge is 2.16. The molecule has 0 spiro atoms. The lowest BCUT2D eigenvalue weighted by atomic mass is 10.2. The third-order valence-electron chi connectivity index (χ3n) is 4.80. The summed E-state index contributed by atoms with van der Waals surface area (Å²) in [6.45, 7) is 3.16. The Kier molecular flexibility index (Phi) is 6.02. The van der Waals surface area contributed by atoms with Crippen molar-refractivity contribution >= 4 is 33.8 Å². The van der Waals surface area contributed by atoms with E-state index in [4.69, 9.17) is 21.0 Å². The summed E-state index contributed by atoms with van der Waals surface area (Å²) in [4.78, 5) is 20.1.